The van der Waals surface area contributed by atoms with Crippen molar-refractivity contribution < 1.29 is 9.47 Å². The summed E-state index contributed by atoms with van der Waals surface area (Å²) in [4.78, 5) is 0. The van der Waals surface area contributed by atoms with E-state index in [9.17, 15) is 0 Å². The highest BCUT2D eigenvalue weighted by Gasteiger charge is 2.12. The predicted molar refractivity (Wildman–Crippen MR) is 83.6 cm³/mol. The van der Waals surface area contributed by atoms with Gasteiger partial charge in [-0.05, 0) is 51.3 Å². The van der Waals surface area contributed by atoms with Crippen molar-refractivity contribution in [2.75, 3.05) is 13.2 Å². The molecule has 1 aliphatic heterocycles. The van der Waals surface area contributed by atoms with Crippen molar-refractivity contribution in [3.63, 3.8) is 0 Å². The van der Waals surface area contributed by atoms with Gasteiger partial charge in [0.25, 0.3) is 0 Å². The van der Waals surface area contributed by atoms with Crippen molar-refractivity contribution in [1.82, 2.24) is 0 Å². The van der Waals surface area contributed by atoms with E-state index in [1.807, 2.05) is 12.1 Å². The molecule has 0 N–H and O–H groups in total. The predicted octanol–water partition coefficient (Wildman–Crippen LogP) is 4.69. The van der Waals surface area contributed by atoms with E-state index in [2.05, 4.69) is 39.0 Å². The average Bonchev–Trinajstić information content (AvgIpc) is 2.85. The Bertz CT molecular complexity index is 508. The molecule has 2 rings (SSSR count). The number of allylic oxidation sites excluding steroid dienone is 3. The molecule has 0 saturated heterocycles. The summed E-state index contributed by atoms with van der Waals surface area (Å²) < 4.78 is 11.3. The van der Waals surface area contributed by atoms with Gasteiger partial charge in [-0.25, -0.2) is 0 Å². The molecule has 0 aromatic heterocycles. The Morgan fingerprint density at radius 1 is 1.25 bits per heavy atom. The van der Waals surface area contributed by atoms with Crippen LogP contribution >= 0.6 is 0 Å². The lowest BCUT2D eigenvalue weighted by Crippen LogP contribution is -1.95. The molecule has 0 atom stereocenters. The summed E-state index contributed by atoms with van der Waals surface area (Å²) in [7, 11) is 0. The third-order valence-electron chi connectivity index (χ3n) is 3.44. The van der Waals surface area contributed by atoms with Crippen LogP contribution in [-0.2, 0) is 6.42 Å². The second-order valence-electron chi connectivity index (χ2n) is 5.55. The number of rotatable bonds is 6. The van der Waals surface area contributed by atoms with E-state index >= 15 is 0 Å². The number of ether oxygens (including phenoxy) is 2. The van der Waals surface area contributed by atoms with E-state index in [1.165, 1.54) is 16.7 Å². The molecule has 1 heterocycles. The lowest BCUT2D eigenvalue weighted by molar-refractivity contribution is 0.343. The fourth-order valence-corrected chi connectivity index (χ4v) is 2.21. The summed E-state index contributed by atoms with van der Waals surface area (Å²) in [6.07, 6.45) is 7.65. The smallest absolute Gasteiger partial charge is 0.126 e. The maximum Gasteiger partial charge on any atom is 0.126 e. The van der Waals surface area contributed by atoms with Crippen molar-refractivity contribution in [1.29, 1.82) is 0 Å². The fraction of sp³-hybridized carbons (Fsp3) is 0.444. The first kappa shape index (κ1) is 14.7. The van der Waals surface area contributed by atoms with E-state index < -0.39 is 0 Å². The zero-order valence-electron chi connectivity index (χ0n) is 12.7. The number of fused-ring (bicyclic) bond motifs is 1. The van der Waals surface area contributed by atoms with Gasteiger partial charge >= 0.3 is 0 Å². The minimum Gasteiger partial charge on any atom is -0.493 e. The van der Waals surface area contributed by atoms with Crippen LogP contribution in [0.1, 0.15) is 39.2 Å². The van der Waals surface area contributed by atoms with Crippen LogP contribution in [0.25, 0.3) is 0 Å². The van der Waals surface area contributed by atoms with Crippen LogP contribution in [0.15, 0.2) is 41.5 Å². The Morgan fingerprint density at radius 3 is 2.90 bits per heavy atom. The third kappa shape index (κ3) is 4.44. The van der Waals surface area contributed by atoms with Crippen LogP contribution in [0.3, 0.4) is 0 Å². The van der Waals surface area contributed by atoms with Gasteiger partial charge in [-0.15, -0.1) is 0 Å². The minimum atomic E-state index is 0.624. The van der Waals surface area contributed by atoms with Crippen LogP contribution in [0.4, 0.5) is 0 Å². The first-order valence-electron chi connectivity index (χ1n) is 7.32. The molecule has 0 saturated carbocycles. The van der Waals surface area contributed by atoms with Crippen LogP contribution in [0.5, 0.6) is 11.5 Å². The molecule has 0 amide bonds. The molecule has 2 nitrogen and oxygen atoms in total. The quantitative estimate of drug-likeness (QED) is 0.699. The van der Waals surface area contributed by atoms with Gasteiger partial charge in [0, 0.05) is 12.5 Å². The third-order valence-corrected chi connectivity index (χ3v) is 3.44. The van der Waals surface area contributed by atoms with E-state index in [-0.39, 0.29) is 0 Å². The SMILES string of the molecule is CC(C)=CCCC(C)=CCOc1ccc2c(c1)OCC2. The van der Waals surface area contributed by atoms with Gasteiger partial charge in [0.05, 0.1) is 6.61 Å². The Hall–Kier alpha value is -1.70. The van der Waals surface area contributed by atoms with Gasteiger partial charge in [0.15, 0.2) is 0 Å². The van der Waals surface area contributed by atoms with Gasteiger partial charge in [-0.3, -0.25) is 0 Å². The van der Waals surface area contributed by atoms with Crippen molar-refractivity contribution in [3.05, 3.63) is 47.1 Å². The standard InChI is InChI=1S/C18H24O2/c1-14(2)5-4-6-15(3)9-11-19-17-8-7-16-10-12-20-18(16)13-17/h5,7-9,13H,4,6,10-12H2,1-3H3. The summed E-state index contributed by atoms with van der Waals surface area (Å²) in [6, 6.07) is 6.12. The topological polar surface area (TPSA) is 18.5 Å². The normalized spacial score (nSPS) is 13.7. The molecule has 0 bridgehead atoms. The molecular formula is C18H24O2. The van der Waals surface area contributed by atoms with E-state index in [0.29, 0.717) is 6.61 Å². The van der Waals surface area contributed by atoms with Gasteiger partial charge in [0.2, 0.25) is 0 Å². The van der Waals surface area contributed by atoms with Crippen LogP contribution in [0.2, 0.25) is 0 Å². The molecule has 2 heteroatoms. The van der Waals surface area contributed by atoms with Gasteiger partial charge in [-0.1, -0.05) is 23.3 Å². The van der Waals surface area contributed by atoms with Crippen molar-refractivity contribution in [3.8, 4) is 11.5 Å². The van der Waals surface area contributed by atoms with E-state index in [4.69, 9.17) is 9.47 Å². The summed E-state index contributed by atoms with van der Waals surface area (Å²) in [6.45, 7) is 7.85. The maximum atomic E-state index is 5.76. The van der Waals surface area contributed by atoms with E-state index in [1.54, 1.807) is 0 Å². The Labute approximate surface area is 122 Å². The fourth-order valence-electron chi connectivity index (χ4n) is 2.21. The Balaban J connectivity index is 1.79. The van der Waals surface area contributed by atoms with Crippen molar-refractivity contribution >= 4 is 0 Å². The van der Waals surface area contributed by atoms with E-state index in [0.717, 1.165) is 37.4 Å². The molecule has 108 valence electrons. The molecule has 1 aromatic rings. The summed E-state index contributed by atoms with van der Waals surface area (Å²) in [5, 5.41) is 0. The van der Waals surface area contributed by atoms with Crippen molar-refractivity contribution in [2.45, 2.75) is 40.0 Å². The molecule has 0 unspecified atom stereocenters. The summed E-state index contributed by atoms with van der Waals surface area (Å²) in [5.41, 5.74) is 4.04. The number of benzene rings is 1. The van der Waals surface area contributed by atoms with Gasteiger partial charge in [0.1, 0.15) is 18.1 Å². The monoisotopic (exact) mass is 272 g/mol. The average molecular weight is 272 g/mol. The first-order valence-corrected chi connectivity index (χ1v) is 7.32. The zero-order chi connectivity index (χ0) is 14.4. The van der Waals surface area contributed by atoms with Gasteiger partial charge in [-0.2, -0.15) is 0 Å². The maximum absolute atomic E-state index is 5.76. The number of hydrogen-bond donors (Lipinski definition) is 0. The summed E-state index contributed by atoms with van der Waals surface area (Å²) in [5.74, 6) is 1.87. The molecule has 20 heavy (non-hydrogen) atoms. The molecule has 0 spiro atoms. The second-order valence-corrected chi connectivity index (χ2v) is 5.55. The van der Waals surface area contributed by atoms with Crippen molar-refractivity contribution in [2.24, 2.45) is 0 Å². The number of hydrogen-bond acceptors (Lipinski definition) is 2. The molecule has 0 radical (unpaired) electrons. The zero-order valence-corrected chi connectivity index (χ0v) is 12.7. The molecule has 0 aliphatic carbocycles. The van der Waals surface area contributed by atoms with Crippen LogP contribution in [-0.4, -0.2) is 13.2 Å². The molecule has 1 aliphatic rings. The highest BCUT2D eigenvalue weighted by atomic mass is 16.5. The highest BCUT2D eigenvalue weighted by Crippen LogP contribution is 2.29. The van der Waals surface area contributed by atoms with Crippen LogP contribution < -0.4 is 9.47 Å². The molecule has 0 fully saturated rings. The highest BCUT2D eigenvalue weighted by molar-refractivity contribution is 5.42. The second kappa shape index (κ2) is 7.18. The summed E-state index contributed by atoms with van der Waals surface area (Å²) >= 11 is 0. The Morgan fingerprint density at radius 2 is 2.10 bits per heavy atom. The first-order chi connectivity index (χ1) is 9.65. The minimum absolute atomic E-state index is 0.624. The van der Waals surface area contributed by atoms with Crippen LogP contribution in [0, 0.1) is 0 Å². The Kier molecular flexibility index (Phi) is 5.28. The van der Waals surface area contributed by atoms with Gasteiger partial charge < -0.3 is 9.47 Å². The molecular weight excluding hydrogens is 248 g/mol. The lowest BCUT2D eigenvalue weighted by atomic mass is 10.1. The largest absolute Gasteiger partial charge is 0.493 e. The lowest BCUT2D eigenvalue weighted by Gasteiger charge is -2.06. The molecule has 1 aromatic carbocycles.